The number of halogens is 1. The van der Waals surface area contributed by atoms with E-state index in [1.54, 1.807) is 12.0 Å². The number of methoxy groups -OCH3 is 1. The number of benzene rings is 1. The zero-order valence-corrected chi connectivity index (χ0v) is 13.3. The zero-order chi connectivity index (χ0) is 16.9. The number of nitrogens with zero attached hydrogens (tertiary/aromatic N) is 3. The van der Waals surface area contributed by atoms with Crippen molar-refractivity contribution in [1.29, 1.82) is 0 Å². The average molecular weight is 335 g/mol. The van der Waals surface area contributed by atoms with Gasteiger partial charge in [0.05, 0.1) is 12.5 Å². The number of carbonyl (C=O) groups excluding carboxylic acids is 1. The maximum absolute atomic E-state index is 12.8. The predicted molar refractivity (Wildman–Crippen MR) is 81.1 cm³/mol. The van der Waals surface area contributed by atoms with Crippen molar-refractivity contribution in [3.8, 4) is 5.75 Å². The molecule has 1 amide bonds. The first-order chi connectivity index (χ1) is 11.7. The molecule has 24 heavy (non-hydrogen) atoms. The first kappa shape index (κ1) is 16.4. The van der Waals surface area contributed by atoms with Crippen LogP contribution in [-0.2, 0) is 16.0 Å². The smallest absolute Gasteiger partial charge is 0.260 e. The van der Waals surface area contributed by atoms with Crippen LogP contribution in [0.5, 0.6) is 5.75 Å². The fourth-order valence-corrected chi connectivity index (χ4v) is 2.33. The van der Waals surface area contributed by atoms with E-state index in [1.165, 1.54) is 24.3 Å². The summed E-state index contributed by atoms with van der Waals surface area (Å²) in [6.45, 7) is 1.51. The van der Waals surface area contributed by atoms with E-state index in [0.29, 0.717) is 43.6 Å². The van der Waals surface area contributed by atoms with Gasteiger partial charge in [-0.25, -0.2) is 4.39 Å². The highest BCUT2D eigenvalue weighted by molar-refractivity contribution is 5.78. The van der Waals surface area contributed by atoms with Crippen LogP contribution in [0.15, 0.2) is 28.8 Å². The Kier molecular flexibility index (Phi) is 5.05. The summed E-state index contributed by atoms with van der Waals surface area (Å²) in [6.07, 6.45) is 0.598. The molecule has 1 aliphatic heterocycles. The monoisotopic (exact) mass is 335 g/mol. The molecule has 2 heterocycles. The standard InChI is InChI=1S/C16H18FN3O4/c1-22-7-6-14-18-16(24-19-14)11-8-20(9-11)15(21)10-23-13-4-2-12(17)3-5-13/h2-5,11H,6-10H2,1H3. The van der Waals surface area contributed by atoms with Crippen molar-refractivity contribution in [3.63, 3.8) is 0 Å². The number of rotatable bonds is 7. The third-order valence-corrected chi connectivity index (χ3v) is 3.77. The molecule has 128 valence electrons. The number of hydrogen-bond acceptors (Lipinski definition) is 6. The largest absolute Gasteiger partial charge is 0.484 e. The number of ether oxygens (including phenoxy) is 2. The first-order valence-corrected chi connectivity index (χ1v) is 7.63. The van der Waals surface area contributed by atoms with Crippen LogP contribution >= 0.6 is 0 Å². The molecular formula is C16H18FN3O4. The van der Waals surface area contributed by atoms with Crippen LogP contribution in [0, 0.1) is 5.82 Å². The molecule has 8 heteroatoms. The summed E-state index contributed by atoms with van der Waals surface area (Å²) in [5.74, 6) is 1.20. The summed E-state index contributed by atoms with van der Waals surface area (Å²) in [4.78, 5) is 18.0. The van der Waals surface area contributed by atoms with Gasteiger partial charge in [-0.2, -0.15) is 4.98 Å². The summed E-state index contributed by atoms with van der Waals surface area (Å²) in [6, 6.07) is 5.55. The van der Waals surface area contributed by atoms with Crippen molar-refractivity contribution in [2.45, 2.75) is 12.3 Å². The van der Waals surface area contributed by atoms with E-state index in [9.17, 15) is 9.18 Å². The van der Waals surface area contributed by atoms with Crippen LogP contribution in [0.1, 0.15) is 17.6 Å². The number of aromatic nitrogens is 2. The summed E-state index contributed by atoms with van der Waals surface area (Å²) in [5.41, 5.74) is 0. The predicted octanol–water partition coefficient (Wildman–Crippen LogP) is 1.40. The van der Waals surface area contributed by atoms with Crippen molar-refractivity contribution in [1.82, 2.24) is 15.0 Å². The molecule has 0 aliphatic carbocycles. The molecule has 0 spiro atoms. The summed E-state index contributed by atoms with van der Waals surface area (Å²) in [5, 5.41) is 3.88. The molecule has 0 N–H and O–H groups in total. The lowest BCUT2D eigenvalue weighted by Crippen LogP contribution is -2.50. The van der Waals surface area contributed by atoms with Crippen molar-refractivity contribution in [2.24, 2.45) is 0 Å². The van der Waals surface area contributed by atoms with E-state index in [4.69, 9.17) is 14.0 Å². The minimum Gasteiger partial charge on any atom is -0.484 e. The molecule has 1 saturated heterocycles. The fourth-order valence-electron chi connectivity index (χ4n) is 2.33. The Morgan fingerprint density at radius 3 is 2.83 bits per heavy atom. The Morgan fingerprint density at radius 1 is 1.38 bits per heavy atom. The van der Waals surface area contributed by atoms with Gasteiger partial charge in [0.25, 0.3) is 5.91 Å². The highest BCUT2D eigenvalue weighted by atomic mass is 19.1. The maximum atomic E-state index is 12.8. The topological polar surface area (TPSA) is 77.7 Å². The Balaban J connectivity index is 1.43. The van der Waals surface area contributed by atoms with Gasteiger partial charge in [-0.1, -0.05) is 5.16 Å². The van der Waals surface area contributed by atoms with Gasteiger partial charge < -0.3 is 18.9 Å². The van der Waals surface area contributed by atoms with Gasteiger partial charge in [-0.3, -0.25) is 4.79 Å². The van der Waals surface area contributed by atoms with E-state index in [2.05, 4.69) is 10.1 Å². The molecule has 0 bridgehead atoms. The second-order valence-electron chi connectivity index (χ2n) is 5.53. The summed E-state index contributed by atoms with van der Waals surface area (Å²) >= 11 is 0. The third-order valence-electron chi connectivity index (χ3n) is 3.77. The van der Waals surface area contributed by atoms with Crippen molar-refractivity contribution in [3.05, 3.63) is 41.8 Å². The van der Waals surface area contributed by atoms with Crippen LogP contribution in [0.2, 0.25) is 0 Å². The number of likely N-dealkylation sites (tertiary alicyclic amines) is 1. The van der Waals surface area contributed by atoms with Crippen molar-refractivity contribution in [2.75, 3.05) is 33.4 Å². The van der Waals surface area contributed by atoms with Gasteiger partial charge >= 0.3 is 0 Å². The minimum absolute atomic E-state index is 0.0589. The van der Waals surface area contributed by atoms with Crippen LogP contribution in [0.3, 0.4) is 0 Å². The van der Waals surface area contributed by atoms with Gasteiger partial charge in [-0.15, -0.1) is 0 Å². The molecule has 0 unspecified atom stereocenters. The second-order valence-corrected chi connectivity index (χ2v) is 5.53. The average Bonchev–Trinajstić information content (AvgIpc) is 2.99. The molecule has 0 radical (unpaired) electrons. The molecule has 2 aromatic rings. The van der Waals surface area contributed by atoms with Crippen molar-refractivity contribution >= 4 is 5.91 Å². The van der Waals surface area contributed by atoms with Gasteiger partial charge in [-0.05, 0) is 24.3 Å². The molecule has 1 fully saturated rings. The van der Waals surface area contributed by atoms with Gasteiger partial charge in [0.2, 0.25) is 5.89 Å². The first-order valence-electron chi connectivity index (χ1n) is 7.63. The van der Waals surface area contributed by atoms with Gasteiger partial charge in [0, 0.05) is 26.6 Å². The van der Waals surface area contributed by atoms with Gasteiger partial charge in [0.15, 0.2) is 12.4 Å². The quantitative estimate of drug-likeness (QED) is 0.761. The number of hydrogen-bond donors (Lipinski definition) is 0. The molecule has 1 aliphatic rings. The molecule has 0 atom stereocenters. The second kappa shape index (κ2) is 7.39. The number of carbonyl (C=O) groups is 1. The third kappa shape index (κ3) is 3.88. The Hall–Kier alpha value is -2.48. The Labute approximate surface area is 138 Å². The SMILES string of the molecule is COCCc1noc(C2CN(C(=O)COc3ccc(F)cc3)C2)n1. The van der Waals surface area contributed by atoms with Gasteiger partial charge in [0.1, 0.15) is 11.6 Å². The highest BCUT2D eigenvalue weighted by Crippen LogP contribution is 2.26. The Morgan fingerprint density at radius 2 is 2.12 bits per heavy atom. The minimum atomic E-state index is -0.344. The summed E-state index contributed by atoms with van der Waals surface area (Å²) < 4.78 is 28.3. The summed E-state index contributed by atoms with van der Waals surface area (Å²) in [7, 11) is 1.62. The van der Waals surface area contributed by atoms with Crippen LogP contribution in [0.25, 0.3) is 0 Å². The van der Waals surface area contributed by atoms with E-state index in [1.807, 2.05) is 0 Å². The lowest BCUT2D eigenvalue weighted by molar-refractivity contribution is -0.138. The molecular weight excluding hydrogens is 317 g/mol. The van der Waals surface area contributed by atoms with Crippen LogP contribution < -0.4 is 4.74 Å². The molecule has 0 saturated carbocycles. The fraction of sp³-hybridized carbons (Fsp3) is 0.438. The molecule has 1 aromatic heterocycles. The van der Waals surface area contributed by atoms with Crippen LogP contribution in [-0.4, -0.2) is 54.4 Å². The lowest BCUT2D eigenvalue weighted by Gasteiger charge is -2.36. The van der Waals surface area contributed by atoms with E-state index in [0.717, 1.165) is 0 Å². The Bertz CT molecular complexity index is 683. The molecule has 3 rings (SSSR count). The lowest BCUT2D eigenvalue weighted by atomic mass is 10.0. The molecule has 7 nitrogen and oxygen atoms in total. The van der Waals surface area contributed by atoms with E-state index in [-0.39, 0.29) is 24.2 Å². The van der Waals surface area contributed by atoms with Crippen molar-refractivity contribution < 1.29 is 23.2 Å². The number of amides is 1. The highest BCUT2D eigenvalue weighted by Gasteiger charge is 2.35. The normalized spacial score (nSPS) is 14.5. The zero-order valence-electron chi connectivity index (χ0n) is 13.3. The van der Waals surface area contributed by atoms with E-state index < -0.39 is 0 Å². The maximum Gasteiger partial charge on any atom is 0.260 e. The van der Waals surface area contributed by atoms with Crippen LogP contribution in [0.4, 0.5) is 4.39 Å². The molecule has 1 aromatic carbocycles. The van der Waals surface area contributed by atoms with E-state index >= 15 is 0 Å².